The van der Waals surface area contributed by atoms with Crippen LogP contribution in [0.2, 0.25) is 5.02 Å². The molecule has 1 aromatic carbocycles. The molecule has 0 amide bonds. The van der Waals surface area contributed by atoms with Gasteiger partial charge in [-0.15, -0.1) is 0 Å². The first-order valence-corrected chi connectivity index (χ1v) is 5.66. The summed E-state index contributed by atoms with van der Waals surface area (Å²) in [5.74, 6) is 0.400. The quantitative estimate of drug-likeness (QED) is 0.484. The van der Waals surface area contributed by atoms with Crippen molar-refractivity contribution in [2.75, 3.05) is 6.61 Å². The van der Waals surface area contributed by atoms with Crippen molar-refractivity contribution in [2.45, 2.75) is 20.4 Å². The van der Waals surface area contributed by atoms with E-state index in [0.717, 1.165) is 0 Å². The van der Waals surface area contributed by atoms with Crippen LogP contribution < -0.4 is 5.48 Å². The van der Waals surface area contributed by atoms with Gasteiger partial charge >= 0.3 is 0 Å². The smallest absolute Gasteiger partial charge is 0.274 e. The Morgan fingerprint density at radius 2 is 2.24 bits per heavy atom. The number of nitro groups is 1. The zero-order chi connectivity index (χ0) is 12.8. The lowest BCUT2D eigenvalue weighted by molar-refractivity contribution is -0.385. The average Bonchev–Trinajstić information content (AvgIpc) is 2.23. The van der Waals surface area contributed by atoms with Gasteiger partial charge in [0.05, 0.1) is 18.1 Å². The second-order valence-corrected chi connectivity index (χ2v) is 4.49. The fourth-order valence-corrected chi connectivity index (χ4v) is 1.42. The highest BCUT2D eigenvalue weighted by molar-refractivity contribution is 6.30. The minimum Gasteiger partial charge on any atom is -0.301 e. The van der Waals surface area contributed by atoms with Crippen LogP contribution in [-0.4, -0.2) is 11.5 Å². The summed E-state index contributed by atoms with van der Waals surface area (Å²) in [7, 11) is 0. The molecule has 1 aromatic rings. The lowest BCUT2D eigenvalue weighted by atomic mass is 10.2. The summed E-state index contributed by atoms with van der Waals surface area (Å²) < 4.78 is 0. The molecule has 0 radical (unpaired) electrons. The Kier molecular flexibility index (Phi) is 5.34. The number of rotatable bonds is 6. The van der Waals surface area contributed by atoms with E-state index >= 15 is 0 Å². The molecular formula is C11H15ClN2O3. The van der Waals surface area contributed by atoms with Gasteiger partial charge in [-0.1, -0.05) is 25.4 Å². The maximum Gasteiger partial charge on any atom is 0.274 e. The summed E-state index contributed by atoms with van der Waals surface area (Å²) in [5.41, 5.74) is 3.24. The van der Waals surface area contributed by atoms with Gasteiger partial charge in [-0.2, -0.15) is 5.48 Å². The molecule has 17 heavy (non-hydrogen) atoms. The van der Waals surface area contributed by atoms with E-state index in [0.29, 0.717) is 23.1 Å². The molecule has 0 aliphatic rings. The van der Waals surface area contributed by atoms with Crippen LogP contribution in [-0.2, 0) is 11.4 Å². The maximum atomic E-state index is 10.8. The number of benzene rings is 1. The van der Waals surface area contributed by atoms with Gasteiger partial charge in [0, 0.05) is 16.7 Å². The average molecular weight is 259 g/mol. The predicted molar refractivity (Wildman–Crippen MR) is 65.7 cm³/mol. The lowest BCUT2D eigenvalue weighted by Crippen LogP contribution is -2.18. The molecule has 6 heteroatoms. The molecule has 0 unspecified atom stereocenters. The van der Waals surface area contributed by atoms with Gasteiger partial charge < -0.3 is 4.84 Å². The second kappa shape index (κ2) is 6.54. The Hall–Kier alpha value is -1.17. The van der Waals surface area contributed by atoms with E-state index in [2.05, 4.69) is 5.48 Å². The monoisotopic (exact) mass is 258 g/mol. The highest BCUT2D eigenvalue weighted by atomic mass is 35.5. The number of nitrogens with one attached hydrogen (secondary N) is 1. The highest BCUT2D eigenvalue weighted by Crippen LogP contribution is 2.22. The molecule has 5 nitrogen and oxygen atoms in total. The van der Waals surface area contributed by atoms with Gasteiger partial charge in [-0.05, 0) is 18.1 Å². The highest BCUT2D eigenvalue weighted by Gasteiger charge is 2.13. The molecule has 0 aliphatic carbocycles. The first kappa shape index (κ1) is 13.9. The molecule has 0 fully saturated rings. The standard InChI is InChI=1S/C11H15ClN2O3/c1-8(2)7-17-13-6-9-5-10(12)3-4-11(9)14(15)16/h3-5,8,13H,6-7H2,1-2H3. The first-order chi connectivity index (χ1) is 8.00. The number of nitrogens with zero attached hydrogens (tertiary/aromatic N) is 1. The van der Waals surface area contributed by atoms with Crippen LogP contribution in [0.5, 0.6) is 0 Å². The second-order valence-electron chi connectivity index (χ2n) is 4.06. The number of hydrogen-bond donors (Lipinski definition) is 1. The largest absolute Gasteiger partial charge is 0.301 e. The summed E-state index contributed by atoms with van der Waals surface area (Å²) in [5, 5.41) is 11.2. The fraction of sp³-hybridized carbons (Fsp3) is 0.455. The van der Waals surface area contributed by atoms with Crippen LogP contribution in [0.4, 0.5) is 5.69 Å². The van der Waals surface area contributed by atoms with Crippen LogP contribution in [0, 0.1) is 16.0 Å². The van der Waals surface area contributed by atoms with Gasteiger partial charge in [0.15, 0.2) is 0 Å². The normalized spacial score (nSPS) is 10.8. The first-order valence-electron chi connectivity index (χ1n) is 5.28. The number of halogens is 1. The Morgan fingerprint density at radius 3 is 2.82 bits per heavy atom. The molecular weight excluding hydrogens is 244 g/mol. The number of nitro benzene ring substituents is 1. The van der Waals surface area contributed by atoms with Gasteiger partial charge in [0.2, 0.25) is 0 Å². The van der Waals surface area contributed by atoms with Crippen molar-refractivity contribution in [3.63, 3.8) is 0 Å². The SMILES string of the molecule is CC(C)CONCc1cc(Cl)ccc1[N+](=O)[O-]. The van der Waals surface area contributed by atoms with E-state index in [-0.39, 0.29) is 12.2 Å². The van der Waals surface area contributed by atoms with Crippen molar-refractivity contribution in [1.29, 1.82) is 0 Å². The van der Waals surface area contributed by atoms with E-state index in [1.807, 2.05) is 13.8 Å². The predicted octanol–water partition coefficient (Wildman–Crippen LogP) is 2.93. The van der Waals surface area contributed by atoms with E-state index in [4.69, 9.17) is 16.4 Å². The summed E-state index contributed by atoms with van der Waals surface area (Å²) in [6.45, 7) is 4.84. The molecule has 0 spiro atoms. The Labute approximate surface area is 105 Å². The van der Waals surface area contributed by atoms with E-state index in [1.54, 1.807) is 6.07 Å². The van der Waals surface area contributed by atoms with Crippen LogP contribution >= 0.6 is 11.6 Å². The maximum absolute atomic E-state index is 10.8. The zero-order valence-corrected chi connectivity index (χ0v) is 10.5. The van der Waals surface area contributed by atoms with Crippen molar-refractivity contribution in [3.05, 3.63) is 38.9 Å². The van der Waals surface area contributed by atoms with Crippen LogP contribution in [0.1, 0.15) is 19.4 Å². The van der Waals surface area contributed by atoms with Gasteiger partial charge in [-0.3, -0.25) is 10.1 Å². The molecule has 1 N–H and O–H groups in total. The van der Waals surface area contributed by atoms with Gasteiger partial charge in [-0.25, -0.2) is 0 Å². The molecule has 0 saturated carbocycles. The third-order valence-electron chi connectivity index (χ3n) is 2.02. The van der Waals surface area contributed by atoms with Crippen molar-refractivity contribution in [2.24, 2.45) is 5.92 Å². The fourth-order valence-electron chi connectivity index (χ4n) is 1.23. The van der Waals surface area contributed by atoms with E-state index in [1.165, 1.54) is 12.1 Å². The zero-order valence-electron chi connectivity index (χ0n) is 9.77. The Balaban J connectivity index is 2.62. The van der Waals surface area contributed by atoms with Crippen LogP contribution in [0.25, 0.3) is 0 Å². The van der Waals surface area contributed by atoms with Gasteiger partial charge in [0.25, 0.3) is 5.69 Å². The topological polar surface area (TPSA) is 64.4 Å². The molecule has 0 aliphatic heterocycles. The summed E-state index contributed by atoms with van der Waals surface area (Å²) in [6, 6.07) is 4.45. The number of hydrogen-bond acceptors (Lipinski definition) is 4. The molecule has 0 heterocycles. The van der Waals surface area contributed by atoms with E-state index in [9.17, 15) is 10.1 Å². The molecule has 1 rings (SSSR count). The number of hydroxylamine groups is 1. The van der Waals surface area contributed by atoms with Crippen molar-refractivity contribution in [1.82, 2.24) is 5.48 Å². The lowest BCUT2D eigenvalue weighted by Gasteiger charge is -2.08. The Bertz CT molecular complexity index is 396. The van der Waals surface area contributed by atoms with Crippen molar-refractivity contribution >= 4 is 17.3 Å². The van der Waals surface area contributed by atoms with Crippen LogP contribution in [0.3, 0.4) is 0 Å². The molecule has 0 bridgehead atoms. The summed E-state index contributed by atoms with van der Waals surface area (Å²) in [6.07, 6.45) is 0. The molecule has 0 saturated heterocycles. The minimum atomic E-state index is -0.435. The van der Waals surface area contributed by atoms with Crippen molar-refractivity contribution < 1.29 is 9.76 Å². The van der Waals surface area contributed by atoms with Gasteiger partial charge in [0.1, 0.15) is 0 Å². The summed E-state index contributed by atoms with van der Waals surface area (Å²) in [4.78, 5) is 15.5. The molecule has 0 atom stereocenters. The third kappa shape index (κ3) is 4.68. The minimum absolute atomic E-state index is 0.0371. The molecule has 94 valence electrons. The summed E-state index contributed by atoms with van der Waals surface area (Å²) >= 11 is 5.79. The van der Waals surface area contributed by atoms with Crippen LogP contribution in [0.15, 0.2) is 18.2 Å². The van der Waals surface area contributed by atoms with Crippen molar-refractivity contribution in [3.8, 4) is 0 Å². The Morgan fingerprint density at radius 1 is 1.53 bits per heavy atom. The third-order valence-corrected chi connectivity index (χ3v) is 2.25. The molecule has 0 aromatic heterocycles. The van der Waals surface area contributed by atoms with E-state index < -0.39 is 4.92 Å².